The Morgan fingerprint density at radius 2 is 2.16 bits per heavy atom. The van der Waals surface area contributed by atoms with Crippen LogP contribution in [0.5, 0.6) is 0 Å². The summed E-state index contributed by atoms with van der Waals surface area (Å²) in [5, 5.41) is 10.4. The van der Waals surface area contributed by atoms with Gasteiger partial charge in [-0.15, -0.1) is 0 Å². The smallest absolute Gasteiger partial charge is 0.0765 e. The van der Waals surface area contributed by atoms with Gasteiger partial charge >= 0.3 is 0 Å². The van der Waals surface area contributed by atoms with E-state index in [1.54, 1.807) is 0 Å². The number of nitrogens with zero attached hydrogens (tertiary/aromatic N) is 1. The van der Waals surface area contributed by atoms with E-state index in [4.69, 9.17) is 4.74 Å². The van der Waals surface area contributed by atoms with Gasteiger partial charge in [0.15, 0.2) is 0 Å². The van der Waals surface area contributed by atoms with Gasteiger partial charge in [0.1, 0.15) is 0 Å². The lowest BCUT2D eigenvalue weighted by molar-refractivity contribution is 0.0960. The third kappa shape index (κ3) is 4.22. The van der Waals surface area contributed by atoms with Crippen molar-refractivity contribution in [1.29, 1.82) is 0 Å². The summed E-state index contributed by atoms with van der Waals surface area (Å²) < 4.78 is 5.37. The van der Waals surface area contributed by atoms with Gasteiger partial charge in [0.05, 0.1) is 12.7 Å². The minimum absolute atomic E-state index is 0.292. The second-order valence-corrected chi connectivity index (χ2v) is 5.33. The number of anilines is 1. The van der Waals surface area contributed by atoms with E-state index in [0.717, 1.165) is 26.0 Å². The average molecular weight is 263 g/mol. The van der Waals surface area contributed by atoms with Crippen LogP contribution in [-0.2, 0) is 4.74 Å². The predicted octanol–water partition coefficient (Wildman–Crippen LogP) is 2.69. The number of hydrogen-bond donors (Lipinski definition) is 1. The molecule has 1 saturated heterocycles. The van der Waals surface area contributed by atoms with Crippen molar-refractivity contribution < 1.29 is 9.84 Å². The van der Waals surface area contributed by atoms with E-state index in [2.05, 4.69) is 36.1 Å². The Morgan fingerprint density at radius 3 is 2.79 bits per heavy atom. The van der Waals surface area contributed by atoms with E-state index < -0.39 is 0 Å². The maximum Gasteiger partial charge on any atom is 0.0765 e. The minimum atomic E-state index is -0.292. The zero-order valence-corrected chi connectivity index (χ0v) is 11.8. The first kappa shape index (κ1) is 14.4. The second-order valence-electron chi connectivity index (χ2n) is 5.33. The van der Waals surface area contributed by atoms with Crippen LogP contribution in [0, 0.1) is 5.92 Å². The molecule has 1 N–H and O–H groups in total. The summed E-state index contributed by atoms with van der Waals surface area (Å²) in [5.74, 6) is 0.299. The van der Waals surface area contributed by atoms with Gasteiger partial charge in [0, 0.05) is 31.3 Å². The van der Waals surface area contributed by atoms with Gasteiger partial charge < -0.3 is 14.7 Å². The number of ether oxygens (including phenoxy) is 1. The first-order chi connectivity index (χ1) is 9.31. The van der Waals surface area contributed by atoms with Gasteiger partial charge in [0.25, 0.3) is 0 Å². The van der Waals surface area contributed by atoms with Crippen molar-refractivity contribution >= 4 is 5.69 Å². The number of para-hydroxylation sites is 1. The summed E-state index contributed by atoms with van der Waals surface area (Å²) in [6.07, 6.45) is 3.02. The Kier molecular flexibility index (Phi) is 5.67. The van der Waals surface area contributed by atoms with Crippen molar-refractivity contribution in [3.8, 4) is 0 Å². The molecule has 0 aliphatic carbocycles. The number of aliphatic hydroxyl groups excluding tert-OH is 1. The highest BCUT2D eigenvalue weighted by atomic mass is 16.5. The van der Waals surface area contributed by atoms with Gasteiger partial charge in [-0.3, -0.25) is 0 Å². The fourth-order valence-corrected chi connectivity index (χ4v) is 2.54. The average Bonchev–Trinajstić information content (AvgIpc) is 2.98. The molecule has 1 heterocycles. The van der Waals surface area contributed by atoms with E-state index in [1.807, 2.05) is 6.07 Å². The molecular weight excluding hydrogens is 238 g/mol. The molecule has 1 fully saturated rings. The third-order valence-electron chi connectivity index (χ3n) is 3.82. The highest BCUT2D eigenvalue weighted by Gasteiger charge is 2.25. The maximum absolute atomic E-state index is 10.4. The number of benzene rings is 1. The molecule has 1 aliphatic heterocycles. The topological polar surface area (TPSA) is 32.7 Å². The lowest BCUT2D eigenvalue weighted by Crippen LogP contribution is -2.37. The lowest BCUT2D eigenvalue weighted by Gasteiger charge is -2.29. The molecule has 0 amide bonds. The van der Waals surface area contributed by atoms with Crippen LogP contribution in [0.25, 0.3) is 0 Å². The molecule has 1 aliphatic rings. The van der Waals surface area contributed by atoms with Crippen molar-refractivity contribution in [2.45, 2.75) is 32.3 Å². The SMILES string of the molecule is CCCCN(CC(O)C1CCOC1)c1ccccc1. The third-order valence-corrected chi connectivity index (χ3v) is 3.82. The first-order valence-electron chi connectivity index (χ1n) is 7.37. The number of rotatable bonds is 7. The van der Waals surface area contributed by atoms with Gasteiger partial charge in [-0.1, -0.05) is 31.5 Å². The normalized spacial score (nSPS) is 20.4. The maximum atomic E-state index is 10.4. The van der Waals surface area contributed by atoms with Crippen molar-refractivity contribution in [2.75, 3.05) is 31.2 Å². The standard InChI is InChI=1S/C16H25NO2/c1-2-3-10-17(15-7-5-4-6-8-15)12-16(18)14-9-11-19-13-14/h4-8,14,16,18H,2-3,9-13H2,1H3. The van der Waals surface area contributed by atoms with Crippen LogP contribution in [-0.4, -0.2) is 37.5 Å². The Balaban J connectivity index is 1.96. The molecule has 0 saturated carbocycles. The molecule has 0 bridgehead atoms. The molecule has 2 unspecified atom stereocenters. The van der Waals surface area contributed by atoms with Crippen LogP contribution in [0.2, 0.25) is 0 Å². The summed E-state index contributed by atoms with van der Waals surface area (Å²) in [6.45, 7) is 5.41. The van der Waals surface area contributed by atoms with Crippen LogP contribution in [0.15, 0.2) is 30.3 Å². The number of unbranched alkanes of at least 4 members (excludes halogenated alkanes) is 1. The van der Waals surface area contributed by atoms with E-state index in [9.17, 15) is 5.11 Å². The molecule has 3 nitrogen and oxygen atoms in total. The molecule has 1 aromatic carbocycles. The highest BCUT2D eigenvalue weighted by Crippen LogP contribution is 2.21. The van der Waals surface area contributed by atoms with E-state index in [-0.39, 0.29) is 6.10 Å². The minimum Gasteiger partial charge on any atom is -0.391 e. The molecule has 3 heteroatoms. The summed E-state index contributed by atoms with van der Waals surface area (Å²) in [4.78, 5) is 2.30. The molecule has 2 rings (SSSR count). The molecule has 1 aromatic rings. The van der Waals surface area contributed by atoms with E-state index in [1.165, 1.54) is 12.1 Å². The molecular formula is C16H25NO2. The fraction of sp³-hybridized carbons (Fsp3) is 0.625. The Labute approximate surface area is 116 Å². The van der Waals surface area contributed by atoms with Crippen LogP contribution >= 0.6 is 0 Å². The summed E-state index contributed by atoms with van der Waals surface area (Å²) in [6, 6.07) is 10.4. The quantitative estimate of drug-likeness (QED) is 0.821. The van der Waals surface area contributed by atoms with Crippen molar-refractivity contribution in [3.05, 3.63) is 30.3 Å². The lowest BCUT2D eigenvalue weighted by atomic mass is 10.0. The van der Waals surface area contributed by atoms with Gasteiger partial charge in [-0.2, -0.15) is 0 Å². The van der Waals surface area contributed by atoms with Crippen molar-refractivity contribution in [1.82, 2.24) is 0 Å². The van der Waals surface area contributed by atoms with Crippen molar-refractivity contribution in [3.63, 3.8) is 0 Å². The molecule has 0 spiro atoms. The van der Waals surface area contributed by atoms with E-state index >= 15 is 0 Å². The second kappa shape index (κ2) is 7.51. The summed E-state index contributed by atoms with van der Waals surface area (Å²) in [5.41, 5.74) is 1.20. The summed E-state index contributed by atoms with van der Waals surface area (Å²) >= 11 is 0. The van der Waals surface area contributed by atoms with Gasteiger partial charge in [0.2, 0.25) is 0 Å². The monoisotopic (exact) mass is 263 g/mol. The number of aliphatic hydroxyl groups is 1. The summed E-state index contributed by atoms with van der Waals surface area (Å²) in [7, 11) is 0. The Morgan fingerprint density at radius 1 is 1.37 bits per heavy atom. The van der Waals surface area contributed by atoms with Crippen LogP contribution in [0.3, 0.4) is 0 Å². The van der Waals surface area contributed by atoms with Crippen LogP contribution in [0.1, 0.15) is 26.2 Å². The zero-order chi connectivity index (χ0) is 13.5. The Hall–Kier alpha value is -1.06. The largest absolute Gasteiger partial charge is 0.391 e. The van der Waals surface area contributed by atoms with Gasteiger partial charge in [-0.25, -0.2) is 0 Å². The molecule has 19 heavy (non-hydrogen) atoms. The highest BCUT2D eigenvalue weighted by molar-refractivity contribution is 5.46. The molecule has 106 valence electrons. The van der Waals surface area contributed by atoms with E-state index in [0.29, 0.717) is 19.1 Å². The molecule has 0 radical (unpaired) electrons. The fourth-order valence-electron chi connectivity index (χ4n) is 2.54. The first-order valence-corrected chi connectivity index (χ1v) is 7.37. The zero-order valence-electron chi connectivity index (χ0n) is 11.8. The molecule has 2 atom stereocenters. The van der Waals surface area contributed by atoms with Gasteiger partial charge in [-0.05, 0) is 25.0 Å². The number of hydrogen-bond acceptors (Lipinski definition) is 3. The van der Waals surface area contributed by atoms with Crippen LogP contribution < -0.4 is 4.90 Å². The van der Waals surface area contributed by atoms with Crippen molar-refractivity contribution in [2.24, 2.45) is 5.92 Å². The van der Waals surface area contributed by atoms with Crippen LogP contribution in [0.4, 0.5) is 5.69 Å². The molecule has 0 aromatic heterocycles. The Bertz CT molecular complexity index is 349. The predicted molar refractivity (Wildman–Crippen MR) is 78.5 cm³/mol.